The molecule has 11 nitrogen and oxygen atoms in total. The summed E-state index contributed by atoms with van der Waals surface area (Å²) >= 11 is 0. The maximum atomic E-state index is 13.1. The molecule has 2 heterocycles. The Morgan fingerprint density at radius 1 is 0.907 bits per heavy atom. The molecular weight excluding hydrogens is 571 g/mol. The van der Waals surface area contributed by atoms with Crippen LogP contribution in [0.25, 0.3) is 0 Å². The van der Waals surface area contributed by atoms with Crippen molar-refractivity contribution in [2.75, 3.05) is 50.9 Å². The molecule has 3 atom stereocenters. The molecule has 2 rings (SSSR count). The van der Waals surface area contributed by atoms with Crippen LogP contribution in [-0.2, 0) is 13.6 Å². The van der Waals surface area contributed by atoms with E-state index in [-0.39, 0.29) is 25.2 Å². The smallest absolute Gasteiger partial charge is 0.333 e. The zero-order valence-electron chi connectivity index (χ0n) is 26.5. The van der Waals surface area contributed by atoms with Crippen LogP contribution >= 0.6 is 7.60 Å². The molecule has 1 aliphatic heterocycles. The zero-order chi connectivity index (χ0) is 31.2. The molecule has 1 aliphatic rings. The number of unbranched alkanes of at least 4 members (excludes halogenated alkanes) is 16. The average molecular weight is 631 g/mol. The number of aromatic nitrogens is 2. The van der Waals surface area contributed by atoms with Gasteiger partial charge in [-0.25, -0.2) is 0 Å². The zero-order valence-corrected chi connectivity index (χ0v) is 27.4. The van der Waals surface area contributed by atoms with Gasteiger partial charge in [0.25, 0.3) is 11.6 Å². The van der Waals surface area contributed by atoms with Crippen LogP contribution in [0.4, 0.5) is 5.69 Å². The topological polar surface area (TPSA) is 166 Å². The molecule has 0 amide bonds. The first kappa shape index (κ1) is 37.7. The Morgan fingerprint density at radius 2 is 1.44 bits per heavy atom. The second-order valence-corrected chi connectivity index (χ2v) is 13.9. The van der Waals surface area contributed by atoms with E-state index in [1.807, 2.05) is 0 Å². The van der Waals surface area contributed by atoms with Crippen molar-refractivity contribution in [1.29, 1.82) is 0 Å². The maximum absolute atomic E-state index is 13.1. The monoisotopic (exact) mass is 630 g/mol. The van der Waals surface area contributed by atoms with Crippen molar-refractivity contribution in [1.82, 2.24) is 15.3 Å². The van der Waals surface area contributed by atoms with Crippen LogP contribution in [0.2, 0.25) is 0 Å². The molecule has 0 aromatic carbocycles. The van der Waals surface area contributed by atoms with Crippen LogP contribution in [0.15, 0.2) is 4.79 Å². The summed E-state index contributed by atoms with van der Waals surface area (Å²) in [4.78, 5) is 18.2. The molecule has 0 radical (unpaired) electrons. The molecule has 0 saturated carbocycles. The minimum atomic E-state index is -3.40. The Labute approximate surface area is 258 Å². The first-order valence-electron chi connectivity index (χ1n) is 16.8. The summed E-state index contributed by atoms with van der Waals surface area (Å²) in [7, 11) is -3.40. The fraction of sp³-hybridized carbons (Fsp3) is 0.871. The summed E-state index contributed by atoms with van der Waals surface area (Å²) in [6.07, 6.45) is 19.9. The van der Waals surface area contributed by atoms with E-state index in [4.69, 9.17) is 14.2 Å². The van der Waals surface area contributed by atoms with Gasteiger partial charge in [-0.3, -0.25) is 14.3 Å². The van der Waals surface area contributed by atoms with Crippen molar-refractivity contribution >= 4 is 13.3 Å². The van der Waals surface area contributed by atoms with E-state index < -0.39 is 25.3 Å². The number of aromatic amines is 1. The highest BCUT2D eigenvalue weighted by molar-refractivity contribution is 7.53. The normalized spacial score (nSPS) is 16.6. The molecule has 0 aliphatic carbocycles. The molecule has 1 aromatic heterocycles. The summed E-state index contributed by atoms with van der Waals surface area (Å²) in [6.45, 7) is 3.81. The van der Waals surface area contributed by atoms with Gasteiger partial charge >= 0.3 is 7.60 Å². The van der Waals surface area contributed by atoms with Gasteiger partial charge in [-0.1, -0.05) is 96.3 Å². The lowest BCUT2D eigenvalue weighted by molar-refractivity contribution is 0.162. The summed E-state index contributed by atoms with van der Waals surface area (Å²) in [5.74, 6) is -0.135. The molecule has 0 spiro atoms. The molecule has 2 unspecified atom stereocenters. The van der Waals surface area contributed by atoms with Gasteiger partial charge in [0.05, 0.1) is 31.2 Å². The highest BCUT2D eigenvalue weighted by Gasteiger charge is 2.30. The van der Waals surface area contributed by atoms with Crippen LogP contribution in [-0.4, -0.2) is 77.0 Å². The number of nitrogens with zero attached hydrogens (tertiary/aromatic N) is 1. The molecule has 0 fully saturated rings. The van der Waals surface area contributed by atoms with Gasteiger partial charge in [-0.2, -0.15) is 4.98 Å². The molecule has 43 heavy (non-hydrogen) atoms. The summed E-state index contributed by atoms with van der Waals surface area (Å²) in [6, 6.07) is -0.419. The Morgan fingerprint density at radius 3 is 1.98 bits per heavy atom. The Balaban J connectivity index is 1.45. The van der Waals surface area contributed by atoms with E-state index in [0.717, 1.165) is 25.7 Å². The van der Waals surface area contributed by atoms with Crippen molar-refractivity contribution in [3.8, 4) is 6.01 Å². The van der Waals surface area contributed by atoms with Crippen molar-refractivity contribution in [3.63, 3.8) is 0 Å². The molecule has 250 valence electrons. The van der Waals surface area contributed by atoms with Gasteiger partial charge in [-0.05, 0) is 19.8 Å². The summed E-state index contributed by atoms with van der Waals surface area (Å²) < 4.78 is 24.3. The minimum Gasteiger partial charge on any atom is -0.480 e. The Kier molecular flexibility index (Phi) is 20.1. The van der Waals surface area contributed by atoms with Crippen molar-refractivity contribution in [2.24, 2.45) is 0 Å². The number of aromatic hydroxyl groups is 1. The number of aliphatic hydroxyl groups excluding tert-OH is 2. The fourth-order valence-electron chi connectivity index (χ4n) is 5.59. The summed E-state index contributed by atoms with van der Waals surface area (Å²) in [5, 5.41) is 35.0. The largest absolute Gasteiger partial charge is 0.480 e. The van der Waals surface area contributed by atoms with Crippen LogP contribution < -0.4 is 16.2 Å². The number of H-pyrrole nitrogens is 1. The van der Waals surface area contributed by atoms with Crippen LogP contribution in [0.5, 0.6) is 6.01 Å². The van der Waals surface area contributed by atoms with Crippen LogP contribution in [0.3, 0.4) is 0 Å². The lowest BCUT2D eigenvalue weighted by Crippen LogP contribution is -2.33. The van der Waals surface area contributed by atoms with E-state index in [2.05, 4.69) is 20.6 Å². The number of rotatable bonds is 28. The van der Waals surface area contributed by atoms with Gasteiger partial charge in [0.1, 0.15) is 5.69 Å². The number of fused-ring (bicyclic) bond motifs is 1. The van der Waals surface area contributed by atoms with Crippen LogP contribution in [0.1, 0.15) is 128 Å². The minimum absolute atomic E-state index is 0.0858. The third-order valence-corrected chi connectivity index (χ3v) is 10.1. The molecule has 6 N–H and O–H groups in total. The van der Waals surface area contributed by atoms with Crippen molar-refractivity contribution in [3.05, 3.63) is 16.0 Å². The first-order chi connectivity index (χ1) is 20.9. The predicted molar refractivity (Wildman–Crippen MR) is 172 cm³/mol. The van der Waals surface area contributed by atoms with Crippen molar-refractivity contribution in [2.45, 2.75) is 128 Å². The third kappa shape index (κ3) is 16.4. The highest BCUT2D eigenvalue weighted by atomic mass is 31.2. The Bertz CT molecular complexity index is 965. The van der Waals surface area contributed by atoms with Gasteiger partial charge in [0, 0.05) is 32.2 Å². The second-order valence-electron chi connectivity index (χ2n) is 11.8. The van der Waals surface area contributed by atoms with Gasteiger partial charge in [0.15, 0.2) is 0 Å². The SMILES string of the molecule is CCOP(=O)(C[C@@H](O)CNCC1CNc2c1nc(O)[nH]c2=O)OCCCCCCCCCCCCCCCCCCCO. The van der Waals surface area contributed by atoms with E-state index in [1.54, 1.807) is 6.92 Å². The van der Waals surface area contributed by atoms with Gasteiger partial charge in [-0.15, -0.1) is 0 Å². The third-order valence-electron chi connectivity index (χ3n) is 7.97. The fourth-order valence-corrected chi connectivity index (χ4v) is 7.32. The van der Waals surface area contributed by atoms with Crippen molar-refractivity contribution < 1.29 is 28.9 Å². The summed E-state index contributed by atoms with van der Waals surface area (Å²) in [5.41, 5.74) is 0.435. The van der Waals surface area contributed by atoms with Crippen LogP contribution in [0, 0.1) is 0 Å². The first-order valence-corrected chi connectivity index (χ1v) is 18.6. The number of nitrogens with one attached hydrogen (secondary N) is 3. The van der Waals surface area contributed by atoms with E-state index in [0.29, 0.717) is 37.7 Å². The number of aliphatic hydroxyl groups is 2. The number of hydrogen-bond donors (Lipinski definition) is 6. The molecule has 1 aromatic rings. The average Bonchev–Trinajstić information content (AvgIpc) is 3.37. The molecule has 0 bridgehead atoms. The lowest BCUT2D eigenvalue weighted by atomic mass is 10.0. The predicted octanol–water partition coefficient (Wildman–Crippen LogP) is 5.81. The van der Waals surface area contributed by atoms with Gasteiger partial charge in [0.2, 0.25) is 0 Å². The lowest BCUT2D eigenvalue weighted by Gasteiger charge is -2.21. The number of hydrogen-bond acceptors (Lipinski definition) is 10. The molecule has 12 heteroatoms. The van der Waals surface area contributed by atoms with E-state index in [1.165, 1.54) is 83.5 Å². The standard InChI is InChI=1S/C31H59N4O7P/c1-2-41-43(40,25-27(37)24-32-22-26-23-33-29-28(26)34-31(39)35-30(29)38)42-21-19-17-15-13-11-9-7-5-3-4-6-8-10-12-14-16-18-20-36/h26-27,32-33,36-37H,2-25H2,1H3,(H2,34,35,38,39)/t26?,27-,43?/m0/s1. The number of anilines is 1. The molecular formula is C31H59N4O7P. The quantitative estimate of drug-likeness (QED) is 0.0492. The van der Waals surface area contributed by atoms with Gasteiger partial charge < -0.3 is 35.0 Å². The van der Waals surface area contributed by atoms with E-state index >= 15 is 0 Å². The Hall–Kier alpha value is -1.49. The molecule has 0 saturated heterocycles. The highest BCUT2D eigenvalue weighted by Crippen LogP contribution is 2.48. The van der Waals surface area contributed by atoms with E-state index in [9.17, 15) is 19.6 Å². The second kappa shape index (κ2) is 22.9. The maximum Gasteiger partial charge on any atom is 0.333 e.